The molecule has 1 unspecified atom stereocenters. The highest BCUT2D eigenvalue weighted by Crippen LogP contribution is 2.28. The lowest BCUT2D eigenvalue weighted by atomic mass is 10.2. The van der Waals surface area contributed by atoms with Gasteiger partial charge in [-0.3, -0.25) is 9.78 Å². The number of anilines is 1. The maximum absolute atomic E-state index is 11.9. The van der Waals surface area contributed by atoms with Crippen molar-refractivity contribution in [1.82, 2.24) is 4.98 Å². The predicted octanol–water partition coefficient (Wildman–Crippen LogP) is 4.00. The first kappa shape index (κ1) is 13.3. The summed E-state index contributed by atoms with van der Waals surface area (Å²) in [6.45, 7) is 1.94. The topological polar surface area (TPSA) is 42.0 Å². The Morgan fingerprint density at radius 3 is 3.00 bits per heavy atom. The fraction of sp³-hybridized carbons (Fsp3) is 0.231. The summed E-state index contributed by atoms with van der Waals surface area (Å²) in [5.74, 6) is -0.0771. The molecule has 0 saturated heterocycles. The van der Waals surface area contributed by atoms with Crippen molar-refractivity contribution in [3.05, 3.63) is 35.5 Å². The van der Waals surface area contributed by atoms with Crippen LogP contribution < -0.4 is 5.32 Å². The number of hydrogen-bond acceptors (Lipinski definition) is 2. The van der Waals surface area contributed by atoms with Gasteiger partial charge in [0.05, 0.1) is 21.1 Å². The molecular formula is C13H12BrClN2O. The maximum Gasteiger partial charge on any atom is 0.238 e. The molecule has 5 heteroatoms. The average Bonchev–Trinajstić information content (AvgIpc) is 2.41. The minimum absolute atomic E-state index is 0.0771. The van der Waals surface area contributed by atoms with Gasteiger partial charge in [0, 0.05) is 11.6 Å². The van der Waals surface area contributed by atoms with Crippen molar-refractivity contribution >= 4 is 50.0 Å². The summed E-state index contributed by atoms with van der Waals surface area (Å²) in [7, 11) is 0. The van der Waals surface area contributed by atoms with E-state index < -0.39 is 0 Å². The van der Waals surface area contributed by atoms with E-state index in [1.54, 1.807) is 18.3 Å². The molecule has 0 fully saturated rings. The van der Waals surface area contributed by atoms with Gasteiger partial charge in [-0.1, -0.05) is 34.5 Å². The number of aromatic nitrogens is 1. The standard InChI is InChI=1S/C13H12BrClN2O/c1-2-9(14)13(18)17-11-6-5-10(15)8-4-3-7-16-12(8)11/h3-7,9H,2H2,1H3,(H,17,18). The van der Waals surface area contributed by atoms with E-state index in [4.69, 9.17) is 11.6 Å². The molecule has 0 aliphatic carbocycles. The van der Waals surface area contributed by atoms with Gasteiger partial charge in [0.15, 0.2) is 0 Å². The summed E-state index contributed by atoms with van der Waals surface area (Å²) in [6, 6.07) is 7.23. The molecule has 2 aromatic rings. The van der Waals surface area contributed by atoms with E-state index in [9.17, 15) is 4.79 Å². The lowest BCUT2D eigenvalue weighted by molar-refractivity contribution is -0.115. The molecule has 1 heterocycles. The summed E-state index contributed by atoms with van der Waals surface area (Å²) in [4.78, 5) is 15.9. The van der Waals surface area contributed by atoms with E-state index in [1.165, 1.54) is 0 Å². The molecule has 0 radical (unpaired) electrons. The summed E-state index contributed by atoms with van der Waals surface area (Å²) in [6.07, 6.45) is 2.41. The summed E-state index contributed by atoms with van der Waals surface area (Å²) in [5.41, 5.74) is 1.38. The number of hydrogen-bond donors (Lipinski definition) is 1. The van der Waals surface area contributed by atoms with Crippen molar-refractivity contribution < 1.29 is 4.79 Å². The smallest absolute Gasteiger partial charge is 0.238 e. The third-order valence-corrected chi connectivity index (χ3v) is 4.01. The first-order valence-corrected chi connectivity index (χ1v) is 6.91. The molecule has 94 valence electrons. The molecule has 1 aromatic heterocycles. The Morgan fingerprint density at radius 2 is 2.28 bits per heavy atom. The summed E-state index contributed by atoms with van der Waals surface area (Å²) < 4.78 is 0. The van der Waals surface area contributed by atoms with Crippen LogP contribution in [-0.4, -0.2) is 15.7 Å². The Labute approximate surface area is 119 Å². The minimum Gasteiger partial charge on any atom is -0.323 e. The fourth-order valence-electron chi connectivity index (χ4n) is 1.64. The first-order chi connectivity index (χ1) is 8.63. The molecule has 1 atom stereocenters. The van der Waals surface area contributed by atoms with Crippen molar-refractivity contribution in [2.75, 3.05) is 5.32 Å². The fourth-order valence-corrected chi connectivity index (χ4v) is 1.97. The van der Waals surface area contributed by atoms with Crippen LogP contribution in [0.2, 0.25) is 5.02 Å². The second kappa shape index (κ2) is 5.67. The van der Waals surface area contributed by atoms with E-state index in [0.29, 0.717) is 16.2 Å². The predicted molar refractivity (Wildman–Crippen MR) is 78.4 cm³/mol. The Bertz CT molecular complexity index is 588. The highest BCUT2D eigenvalue weighted by atomic mass is 79.9. The molecule has 3 nitrogen and oxygen atoms in total. The highest BCUT2D eigenvalue weighted by Gasteiger charge is 2.14. The van der Waals surface area contributed by atoms with Crippen molar-refractivity contribution in [2.24, 2.45) is 0 Å². The Balaban J connectivity index is 2.40. The van der Waals surface area contributed by atoms with E-state index >= 15 is 0 Å². The molecule has 1 amide bonds. The van der Waals surface area contributed by atoms with Crippen LogP contribution in [0.3, 0.4) is 0 Å². The van der Waals surface area contributed by atoms with Gasteiger partial charge in [-0.25, -0.2) is 0 Å². The van der Waals surface area contributed by atoms with E-state index in [2.05, 4.69) is 26.2 Å². The zero-order valence-electron chi connectivity index (χ0n) is 9.78. The lowest BCUT2D eigenvalue weighted by Crippen LogP contribution is -2.22. The van der Waals surface area contributed by atoms with Crippen molar-refractivity contribution in [2.45, 2.75) is 18.2 Å². The third-order valence-electron chi connectivity index (χ3n) is 2.62. The summed E-state index contributed by atoms with van der Waals surface area (Å²) in [5, 5.41) is 4.32. The van der Waals surface area contributed by atoms with E-state index in [0.717, 1.165) is 11.8 Å². The quantitative estimate of drug-likeness (QED) is 0.866. The lowest BCUT2D eigenvalue weighted by Gasteiger charge is -2.11. The Morgan fingerprint density at radius 1 is 1.50 bits per heavy atom. The highest BCUT2D eigenvalue weighted by molar-refractivity contribution is 9.10. The van der Waals surface area contributed by atoms with Crippen molar-refractivity contribution in [3.8, 4) is 0 Å². The van der Waals surface area contributed by atoms with Gasteiger partial charge in [-0.2, -0.15) is 0 Å². The largest absolute Gasteiger partial charge is 0.323 e. The van der Waals surface area contributed by atoms with Crippen molar-refractivity contribution in [3.63, 3.8) is 0 Å². The number of nitrogens with one attached hydrogen (secondary N) is 1. The maximum atomic E-state index is 11.9. The van der Waals surface area contributed by atoms with Gasteiger partial charge in [-0.05, 0) is 30.7 Å². The molecule has 18 heavy (non-hydrogen) atoms. The second-order valence-corrected chi connectivity index (χ2v) is 5.37. The second-order valence-electron chi connectivity index (χ2n) is 3.86. The van der Waals surface area contributed by atoms with Gasteiger partial charge < -0.3 is 5.32 Å². The van der Waals surface area contributed by atoms with E-state index in [1.807, 2.05) is 19.1 Å². The van der Waals surface area contributed by atoms with Gasteiger partial charge in [0.2, 0.25) is 5.91 Å². The number of nitrogens with zero attached hydrogens (tertiary/aromatic N) is 1. The number of benzene rings is 1. The number of carbonyl (C=O) groups is 1. The van der Waals surface area contributed by atoms with Gasteiger partial charge in [0.1, 0.15) is 0 Å². The van der Waals surface area contributed by atoms with Crippen LogP contribution in [-0.2, 0) is 4.79 Å². The average molecular weight is 328 g/mol. The molecule has 2 rings (SSSR count). The molecule has 1 aromatic carbocycles. The molecule has 0 spiro atoms. The normalized spacial score (nSPS) is 12.4. The Hall–Kier alpha value is -1.13. The number of pyridine rings is 1. The zero-order valence-corrected chi connectivity index (χ0v) is 12.1. The summed E-state index contributed by atoms with van der Waals surface area (Å²) >= 11 is 9.41. The first-order valence-electron chi connectivity index (χ1n) is 5.61. The van der Waals surface area contributed by atoms with E-state index in [-0.39, 0.29) is 10.7 Å². The third kappa shape index (κ3) is 2.65. The van der Waals surface area contributed by atoms with Crippen LogP contribution in [0.4, 0.5) is 5.69 Å². The number of amides is 1. The molecular weight excluding hydrogens is 316 g/mol. The minimum atomic E-state index is -0.202. The number of carbonyl (C=O) groups excluding carboxylic acids is 1. The van der Waals surface area contributed by atoms with Gasteiger partial charge in [-0.15, -0.1) is 0 Å². The number of rotatable bonds is 3. The molecule has 0 saturated carbocycles. The number of fused-ring (bicyclic) bond motifs is 1. The molecule has 0 aliphatic rings. The van der Waals surface area contributed by atoms with Crippen LogP contribution >= 0.6 is 27.5 Å². The van der Waals surface area contributed by atoms with Crippen LogP contribution in [0.15, 0.2) is 30.5 Å². The molecule has 0 bridgehead atoms. The van der Waals surface area contributed by atoms with Crippen LogP contribution in [0.1, 0.15) is 13.3 Å². The van der Waals surface area contributed by atoms with Gasteiger partial charge >= 0.3 is 0 Å². The molecule has 1 N–H and O–H groups in total. The van der Waals surface area contributed by atoms with Crippen molar-refractivity contribution in [1.29, 1.82) is 0 Å². The van der Waals surface area contributed by atoms with Crippen LogP contribution in [0.5, 0.6) is 0 Å². The van der Waals surface area contributed by atoms with Crippen LogP contribution in [0.25, 0.3) is 10.9 Å². The van der Waals surface area contributed by atoms with Gasteiger partial charge in [0.25, 0.3) is 0 Å². The number of halogens is 2. The number of alkyl halides is 1. The molecule has 0 aliphatic heterocycles. The van der Waals surface area contributed by atoms with Crippen LogP contribution in [0, 0.1) is 0 Å². The SMILES string of the molecule is CCC(Br)C(=O)Nc1ccc(Cl)c2cccnc12. The zero-order chi connectivity index (χ0) is 13.1. The monoisotopic (exact) mass is 326 g/mol. The Kier molecular flexibility index (Phi) is 4.19.